The molecule has 0 spiro atoms. The second kappa shape index (κ2) is 8.59. The van der Waals surface area contributed by atoms with Crippen molar-refractivity contribution in [1.29, 1.82) is 0 Å². The number of amides is 2. The van der Waals surface area contributed by atoms with Crippen LogP contribution in [-0.2, 0) is 0 Å². The molecule has 2 amide bonds. The Morgan fingerprint density at radius 2 is 1.81 bits per heavy atom. The lowest BCUT2D eigenvalue weighted by molar-refractivity contribution is 0.0918. The predicted molar refractivity (Wildman–Crippen MR) is 84.1 cm³/mol. The van der Waals surface area contributed by atoms with Gasteiger partial charge >= 0.3 is 6.03 Å². The van der Waals surface area contributed by atoms with Crippen LogP contribution in [0.1, 0.15) is 59.3 Å². The van der Waals surface area contributed by atoms with Gasteiger partial charge in [-0.3, -0.25) is 0 Å². The van der Waals surface area contributed by atoms with Gasteiger partial charge in [-0.25, -0.2) is 4.79 Å². The standard InChI is InChI=1S/C16H32N2O3/c1-13(11-19)18(10-14(2)20)15(21)17-12-16(3)8-6-4-5-7-9-16/h13-14,19-20H,4-12H2,1-3H3,(H,17,21)/t13-,14-/m1/s1. The average molecular weight is 300 g/mol. The molecule has 0 aromatic rings. The Kier molecular flexibility index (Phi) is 7.46. The van der Waals surface area contributed by atoms with Crippen LogP contribution in [-0.4, -0.2) is 53.0 Å². The van der Waals surface area contributed by atoms with Gasteiger partial charge in [-0.2, -0.15) is 0 Å². The van der Waals surface area contributed by atoms with Crippen molar-refractivity contribution in [3.8, 4) is 0 Å². The first-order valence-corrected chi connectivity index (χ1v) is 8.21. The maximum Gasteiger partial charge on any atom is 0.317 e. The summed E-state index contributed by atoms with van der Waals surface area (Å²) in [4.78, 5) is 13.9. The van der Waals surface area contributed by atoms with Gasteiger partial charge in [0.2, 0.25) is 0 Å². The highest BCUT2D eigenvalue weighted by atomic mass is 16.3. The van der Waals surface area contributed by atoms with Crippen molar-refractivity contribution in [3.05, 3.63) is 0 Å². The molecule has 1 rings (SSSR count). The molecule has 0 radical (unpaired) electrons. The van der Waals surface area contributed by atoms with E-state index in [1.165, 1.54) is 30.6 Å². The highest BCUT2D eigenvalue weighted by Crippen LogP contribution is 2.33. The van der Waals surface area contributed by atoms with Crippen molar-refractivity contribution in [2.45, 2.75) is 71.4 Å². The molecule has 0 heterocycles. The minimum Gasteiger partial charge on any atom is -0.394 e. The zero-order valence-corrected chi connectivity index (χ0v) is 13.8. The van der Waals surface area contributed by atoms with Gasteiger partial charge in [0.1, 0.15) is 0 Å². The maximum atomic E-state index is 12.3. The van der Waals surface area contributed by atoms with Gasteiger partial charge in [-0.1, -0.05) is 32.6 Å². The van der Waals surface area contributed by atoms with E-state index in [0.717, 1.165) is 12.8 Å². The third-order valence-electron chi connectivity index (χ3n) is 4.50. The third kappa shape index (κ3) is 6.22. The highest BCUT2D eigenvalue weighted by Gasteiger charge is 2.28. The molecule has 0 bridgehead atoms. The summed E-state index contributed by atoms with van der Waals surface area (Å²) in [7, 11) is 0. The molecule has 3 N–H and O–H groups in total. The summed E-state index contributed by atoms with van der Waals surface area (Å²) in [5, 5.41) is 21.8. The van der Waals surface area contributed by atoms with Gasteiger partial charge in [0.15, 0.2) is 0 Å². The van der Waals surface area contributed by atoms with E-state index in [0.29, 0.717) is 6.54 Å². The molecule has 1 saturated carbocycles. The number of aliphatic hydroxyl groups is 2. The molecular weight excluding hydrogens is 268 g/mol. The summed E-state index contributed by atoms with van der Waals surface area (Å²) < 4.78 is 0. The highest BCUT2D eigenvalue weighted by molar-refractivity contribution is 5.74. The van der Waals surface area contributed by atoms with E-state index < -0.39 is 6.10 Å². The number of carbonyl (C=O) groups is 1. The molecule has 0 saturated heterocycles. The number of hydrogen-bond acceptors (Lipinski definition) is 3. The fraction of sp³-hybridized carbons (Fsp3) is 0.938. The Hall–Kier alpha value is -0.810. The van der Waals surface area contributed by atoms with Crippen molar-refractivity contribution in [2.75, 3.05) is 19.7 Å². The minimum absolute atomic E-state index is 0.0998. The summed E-state index contributed by atoms with van der Waals surface area (Å²) in [5.74, 6) is 0. The van der Waals surface area contributed by atoms with E-state index in [2.05, 4.69) is 12.2 Å². The van der Waals surface area contributed by atoms with Crippen molar-refractivity contribution in [3.63, 3.8) is 0 Å². The van der Waals surface area contributed by atoms with Crippen LogP contribution in [0.5, 0.6) is 0 Å². The van der Waals surface area contributed by atoms with Gasteiger partial charge in [0.25, 0.3) is 0 Å². The van der Waals surface area contributed by atoms with Crippen LogP contribution in [0.2, 0.25) is 0 Å². The zero-order valence-electron chi connectivity index (χ0n) is 13.8. The molecule has 5 nitrogen and oxygen atoms in total. The topological polar surface area (TPSA) is 72.8 Å². The largest absolute Gasteiger partial charge is 0.394 e. The molecule has 0 unspecified atom stereocenters. The molecule has 0 aromatic carbocycles. The summed E-state index contributed by atoms with van der Waals surface area (Å²) in [5.41, 5.74) is 0.172. The van der Waals surface area contributed by atoms with Crippen LogP contribution in [0.3, 0.4) is 0 Å². The summed E-state index contributed by atoms with van der Waals surface area (Å²) in [6, 6.07) is -0.482. The van der Waals surface area contributed by atoms with E-state index in [1.807, 2.05) is 0 Å². The van der Waals surface area contributed by atoms with Crippen LogP contribution in [0.25, 0.3) is 0 Å². The minimum atomic E-state index is -0.599. The summed E-state index contributed by atoms with van der Waals surface area (Å²) >= 11 is 0. The van der Waals surface area contributed by atoms with E-state index in [4.69, 9.17) is 0 Å². The lowest BCUT2D eigenvalue weighted by Gasteiger charge is -2.33. The molecule has 21 heavy (non-hydrogen) atoms. The van der Waals surface area contributed by atoms with E-state index >= 15 is 0 Å². The smallest absolute Gasteiger partial charge is 0.317 e. The average Bonchev–Trinajstić information content (AvgIpc) is 2.66. The summed E-state index contributed by atoms with van der Waals surface area (Å²) in [6.07, 6.45) is 6.75. The Bertz CT molecular complexity index is 313. The third-order valence-corrected chi connectivity index (χ3v) is 4.50. The molecule has 2 atom stereocenters. The number of urea groups is 1. The van der Waals surface area contributed by atoms with Crippen LogP contribution < -0.4 is 5.32 Å². The first-order chi connectivity index (χ1) is 9.88. The van der Waals surface area contributed by atoms with Gasteiger partial charge in [0.05, 0.1) is 18.8 Å². The Balaban J connectivity index is 2.55. The van der Waals surface area contributed by atoms with Crippen molar-refractivity contribution >= 4 is 6.03 Å². The monoisotopic (exact) mass is 300 g/mol. The number of carbonyl (C=O) groups excluding carboxylic acids is 1. The number of rotatable bonds is 6. The van der Waals surface area contributed by atoms with Gasteiger partial charge in [0, 0.05) is 13.1 Å². The van der Waals surface area contributed by atoms with Crippen LogP contribution in [0.4, 0.5) is 4.79 Å². The second-order valence-electron chi connectivity index (χ2n) is 6.92. The van der Waals surface area contributed by atoms with E-state index in [1.54, 1.807) is 13.8 Å². The van der Waals surface area contributed by atoms with Crippen LogP contribution in [0.15, 0.2) is 0 Å². The van der Waals surface area contributed by atoms with Crippen molar-refractivity contribution in [2.24, 2.45) is 5.41 Å². The van der Waals surface area contributed by atoms with Gasteiger partial charge in [-0.05, 0) is 32.1 Å². The quantitative estimate of drug-likeness (QED) is 0.658. The van der Waals surface area contributed by atoms with Gasteiger partial charge in [-0.15, -0.1) is 0 Å². The molecule has 0 aromatic heterocycles. The fourth-order valence-corrected chi connectivity index (χ4v) is 3.00. The maximum absolute atomic E-state index is 12.3. The SMILES string of the molecule is C[C@H](CO)N(C[C@@H](C)O)C(=O)NCC1(C)CCCCCC1. The number of nitrogens with zero attached hydrogens (tertiary/aromatic N) is 1. The Labute approximate surface area is 128 Å². The number of nitrogens with one attached hydrogen (secondary N) is 1. The zero-order chi connectivity index (χ0) is 15.9. The Morgan fingerprint density at radius 3 is 2.29 bits per heavy atom. The molecule has 5 heteroatoms. The number of aliphatic hydroxyl groups excluding tert-OH is 2. The lowest BCUT2D eigenvalue weighted by atomic mass is 9.82. The fourth-order valence-electron chi connectivity index (χ4n) is 3.00. The first-order valence-electron chi connectivity index (χ1n) is 8.21. The molecule has 1 fully saturated rings. The van der Waals surface area contributed by atoms with E-state index in [9.17, 15) is 15.0 Å². The first kappa shape index (κ1) is 18.2. The lowest BCUT2D eigenvalue weighted by Crippen LogP contribution is -2.51. The molecule has 0 aliphatic heterocycles. The summed E-state index contributed by atoms with van der Waals surface area (Å²) in [6.45, 7) is 6.49. The molecular formula is C16H32N2O3. The van der Waals surface area contributed by atoms with E-state index in [-0.39, 0.29) is 30.6 Å². The van der Waals surface area contributed by atoms with Crippen molar-refractivity contribution < 1.29 is 15.0 Å². The molecule has 1 aliphatic carbocycles. The van der Waals surface area contributed by atoms with Gasteiger partial charge < -0.3 is 20.4 Å². The normalized spacial score (nSPS) is 21.2. The van der Waals surface area contributed by atoms with Crippen LogP contribution >= 0.6 is 0 Å². The predicted octanol–water partition coefficient (Wildman–Crippen LogP) is 2.12. The van der Waals surface area contributed by atoms with Crippen molar-refractivity contribution in [1.82, 2.24) is 10.2 Å². The molecule has 124 valence electrons. The molecule has 1 aliphatic rings. The Morgan fingerprint density at radius 1 is 1.24 bits per heavy atom. The number of hydrogen-bond donors (Lipinski definition) is 3. The van der Waals surface area contributed by atoms with Crippen LogP contribution in [0, 0.1) is 5.41 Å². The second-order valence-corrected chi connectivity index (χ2v) is 6.92.